The molecule has 1 aromatic heterocycles. The molecule has 0 aliphatic carbocycles. The Morgan fingerprint density at radius 2 is 2.00 bits per heavy atom. The third-order valence-electron chi connectivity index (χ3n) is 2.85. The summed E-state index contributed by atoms with van der Waals surface area (Å²) in [6.45, 7) is 6.13. The number of ether oxygens (including phenoxy) is 1. The normalized spacial score (nSPS) is 10.5. The number of aryl methyl sites for hydroxylation is 2. The fourth-order valence-corrected chi connectivity index (χ4v) is 2.30. The Morgan fingerprint density at radius 1 is 1.26 bits per heavy atom. The van der Waals surface area contributed by atoms with Crippen LogP contribution in [0.2, 0.25) is 0 Å². The van der Waals surface area contributed by atoms with Crippen LogP contribution in [0.4, 0.5) is 0 Å². The minimum atomic E-state index is -0.430. The maximum absolute atomic E-state index is 11.6. The van der Waals surface area contributed by atoms with Crippen LogP contribution < -0.4 is 0 Å². The van der Waals surface area contributed by atoms with Crippen molar-refractivity contribution in [3.63, 3.8) is 0 Å². The Kier molecular flexibility index (Phi) is 4.10. The summed E-state index contributed by atoms with van der Waals surface area (Å²) in [6, 6.07) is 7.51. The zero-order chi connectivity index (χ0) is 14.0. The summed E-state index contributed by atoms with van der Waals surface area (Å²) in [5, 5.41) is 0. The number of rotatable bonds is 3. The lowest BCUT2D eigenvalue weighted by Gasteiger charge is -2.06. The molecule has 0 radical (unpaired) electrons. The minimum absolute atomic E-state index is 0.233. The predicted molar refractivity (Wildman–Crippen MR) is 77.3 cm³/mol. The molecule has 0 unspecified atom stereocenters. The van der Waals surface area contributed by atoms with Crippen LogP contribution in [0.1, 0.15) is 28.6 Å². The van der Waals surface area contributed by atoms with Crippen molar-refractivity contribution in [2.75, 3.05) is 6.61 Å². The third kappa shape index (κ3) is 2.89. The number of benzene rings is 1. The molecule has 1 heterocycles. The number of carbonyl (C=O) groups is 1. The lowest BCUT2D eigenvalue weighted by atomic mass is 10.0. The van der Waals surface area contributed by atoms with Crippen LogP contribution in [0, 0.1) is 13.8 Å². The second-order valence-corrected chi connectivity index (χ2v) is 5.16. The van der Waals surface area contributed by atoms with Gasteiger partial charge in [0.25, 0.3) is 0 Å². The van der Waals surface area contributed by atoms with Gasteiger partial charge in [-0.25, -0.2) is 4.79 Å². The van der Waals surface area contributed by atoms with Gasteiger partial charge in [0.2, 0.25) is 5.76 Å². The molecule has 0 aliphatic rings. The number of esters is 1. The second kappa shape index (κ2) is 5.61. The van der Waals surface area contributed by atoms with Crippen LogP contribution in [0.3, 0.4) is 0 Å². The summed E-state index contributed by atoms with van der Waals surface area (Å²) in [5.41, 5.74) is 3.19. The van der Waals surface area contributed by atoms with Gasteiger partial charge in [-0.1, -0.05) is 15.9 Å². The summed E-state index contributed by atoms with van der Waals surface area (Å²) in [4.78, 5) is 11.6. The van der Waals surface area contributed by atoms with Crippen LogP contribution in [0.5, 0.6) is 0 Å². The van der Waals surface area contributed by atoms with E-state index in [1.165, 1.54) is 0 Å². The molecule has 19 heavy (non-hydrogen) atoms. The summed E-state index contributed by atoms with van der Waals surface area (Å²) >= 11 is 3.50. The Balaban J connectivity index is 2.38. The molecule has 0 aliphatic heterocycles. The highest BCUT2D eigenvalue weighted by atomic mass is 79.9. The molecule has 0 saturated heterocycles. The van der Waals surface area contributed by atoms with Gasteiger partial charge in [0.15, 0.2) is 0 Å². The number of furan rings is 1. The Labute approximate surface area is 120 Å². The second-order valence-electron chi connectivity index (χ2n) is 4.30. The van der Waals surface area contributed by atoms with Gasteiger partial charge in [0, 0.05) is 10.0 Å². The lowest BCUT2D eigenvalue weighted by Crippen LogP contribution is -2.02. The highest BCUT2D eigenvalue weighted by molar-refractivity contribution is 9.10. The number of hydrogen-bond acceptors (Lipinski definition) is 3. The van der Waals surface area contributed by atoms with Crippen molar-refractivity contribution in [1.29, 1.82) is 0 Å². The van der Waals surface area contributed by atoms with E-state index in [1.807, 2.05) is 26.0 Å². The quantitative estimate of drug-likeness (QED) is 0.781. The molecule has 0 atom stereocenters. The number of hydrogen-bond donors (Lipinski definition) is 0. The summed E-state index contributed by atoms with van der Waals surface area (Å²) < 4.78 is 11.5. The Hall–Kier alpha value is -1.55. The van der Waals surface area contributed by atoms with E-state index in [9.17, 15) is 4.79 Å². The standard InChI is InChI=1S/C15H15BrO3/c1-4-18-15(17)14-6-5-13(19-14)11-7-10(3)12(16)8-9(11)2/h5-8H,4H2,1-3H3. The smallest absolute Gasteiger partial charge is 0.374 e. The van der Waals surface area contributed by atoms with E-state index >= 15 is 0 Å². The molecule has 0 amide bonds. The first-order chi connectivity index (χ1) is 9.02. The van der Waals surface area contributed by atoms with E-state index in [2.05, 4.69) is 15.9 Å². The first kappa shape index (κ1) is 13.9. The molecular weight excluding hydrogens is 308 g/mol. The molecule has 3 nitrogen and oxygen atoms in total. The average Bonchev–Trinajstić information content (AvgIpc) is 2.83. The highest BCUT2D eigenvalue weighted by Crippen LogP contribution is 2.30. The van der Waals surface area contributed by atoms with E-state index in [0.29, 0.717) is 12.4 Å². The van der Waals surface area contributed by atoms with Crippen LogP contribution in [-0.2, 0) is 4.74 Å². The van der Waals surface area contributed by atoms with Crippen LogP contribution in [-0.4, -0.2) is 12.6 Å². The van der Waals surface area contributed by atoms with E-state index in [-0.39, 0.29) is 5.76 Å². The van der Waals surface area contributed by atoms with E-state index < -0.39 is 5.97 Å². The largest absolute Gasteiger partial charge is 0.460 e. The van der Waals surface area contributed by atoms with Gasteiger partial charge in [-0.15, -0.1) is 0 Å². The first-order valence-corrected chi connectivity index (χ1v) is 6.86. The van der Waals surface area contributed by atoms with Gasteiger partial charge < -0.3 is 9.15 Å². The molecule has 0 spiro atoms. The molecular formula is C15H15BrO3. The third-order valence-corrected chi connectivity index (χ3v) is 3.71. The Bertz CT molecular complexity index is 614. The maximum atomic E-state index is 11.6. The van der Waals surface area contributed by atoms with E-state index in [4.69, 9.17) is 9.15 Å². The number of halogens is 1. The fraction of sp³-hybridized carbons (Fsp3) is 0.267. The van der Waals surface area contributed by atoms with Crippen molar-refractivity contribution in [2.45, 2.75) is 20.8 Å². The van der Waals surface area contributed by atoms with Crippen LogP contribution in [0.25, 0.3) is 11.3 Å². The van der Waals surface area contributed by atoms with Crippen molar-refractivity contribution >= 4 is 21.9 Å². The first-order valence-electron chi connectivity index (χ1n) is 6.07. The molecule has 1 aromatic carbocycles. The molecule has 0 bridgehead atoms. The SMILES string of the molecule is CCOC(=O)c1ccc(-c2cc(C)c(Br)cc2C)o1. The monoisotopic (exact) mass is 322 g/mol. The van der Waals surface area contributed by atoms with Crippen LogP contribution >= 0.6 is 15.9 Å². The van der Waals surface area contributed by atoms with Gasteiger partial charge in [0.05, 0.1) is 6.61 Å². The van der Waals surface area contributed by atoms with Crippen molar-refractivity contribution in [2.24, 2.45) is 0 Å². The van der Waals surface area contributed by atoms with Crippen molar-refractivity contribution < 1.29 is 13.9 Å². The van der Waals surface area contributed by atoms with Gasteiger partial charge in [0.1, 0.15) is 5.76 Å². The molecule has 2 rings (SSSR count). The summed E-state index contributed by atoms with van der Waals surface area (Å²) in [6.07, 6.45) is 0. The topological polar surface area (TPSA) is 39.4 Å². The van der Waals surface area contributed by atoms with Gasteiger partial charge in [-0.05, 0) is 56.2 Å². The molecule has 100 valence electrons. The molecule has 0 fully saturated rings. The van der Waals surface area contributed by atoms with Crippen molar-refractivity contribution in [1.82, 2.24) is 0 Å². The van der Waals surface area contributed by atoms with Crippen molar-refractivity contribution in [3.05, 3.63) is 45.6 Å². The van der Waals surface area contributed by atoms with Gasteiger partial charge in [-0.3, -0.25) is 0 Å². The maximum Gasteiger partial charge on any atom is 0.374 e. The highest BCUT2D eigenvalue weighted by Gasteiger charge is 2.14. The van der Waals surface area contributed by atoms with Gasteiger partial charge >= 0.3 is 5.97 Å². The zero-order valence-corrected chi connectivity index (χ0v) is 12.7. The Morgan fingerprint density at radius 3 is 2.68 bits per heavy atom. The zero-order valence-electron chi connectivity index (χ0n) is 11.1. The summed E-state index contributed by atoms with van der Waals surface area (Å²) in [7, 11) is 0. The van der Waals surface area contributed by atoms with E-state index in [0.717, 1.165) is 21.2 Å². The fourth-order valence-electron chi connectivity index (χ4n) is 1.84. The minimum Gasteiger partial charge on any atom is -0.460 e. The van der Waals surface area contributed by atoms with Crippen molar-refractivity contribution in [3.8, 4) is 11.3 Å². The number of carbonyl (C=O) groups excluding carboxylic acids is 1. The summed E-state index contributed by atoms with van der Waals surface area (Å²) in [5.74, 6) is 0.480. The molecule has 0 N–H and O–H groups in total. The molecule has 4 heteroatoms. The molecule has 2 aromatic rings. The predicted octanol–water partition coefficient (Wildman–Crippen LogP) is 4.50. The van der Waals surface area contributed by atoms with Gasteiger partial charge in [-0.2, -0.15) is 0 Å². The van der Waals surface area contributed by atoms with E-state index in [1.54, 1.807) is 19.1 Å². The molecule has 0 saturated carbocycles. The lowest BCUT2D eigenvalue weighted by molar-refractivity contribution is 0.0491. The van der Waals surface area contributed by atoms with Crippen LogP contribution in [0.15, 0.2) is 33.2 Å². The average molecular weight is 323 g/mol.